The van der Waals surface area contributed by atoms with Gasteiger partial charge >= 0.3 is 7.12 Å². The van der Waals surface area contributed by atoms with Crippen LogP contribution in [-0.4, -0.2) is 23.5 Å². The van der Waals surface area contributed by atoms with Crippen LogP contribution in [0.1, 0.15) is 15.9 Å². The maximum Gasteiger partial charge on any atom is 0.488 e. The van der Waals surface area contributed by atoms with Gasteiger partial charge in [0.15, 0.2) is 6.29 Å². The van der Waals surface area contributed by atoms with E-state index in [4.69, 9.17) is 14.8 Å². The highest BCUT2D eigenvalue weighted by molar-refractivity contribution is 6.58. The molecule has 0 heterocycles. The Morgan fingerprint density at radius 2 is 1.74 bits per heavy atom. The molecule has 0 aliphatic heterocycles. The molecule has 4 nitrogen and oxygen atoms in total. The Morgan fingerprint density at radius 3 is 2.37 bits per heavy atom. The van der Waals surface area contributed by atoms with Crippen molar-refractivity contribution in [3.63, 3.8) is 0 Å². The summed E-state index contributed by atoms with van der Waals surface area (Å²) in [4.78, 5) is 10.8. The number of carbonyl (C=O) groups excluding carboxylic acids is 1. The molecule has 0 spiro atoms. The van der Waals surface area contributed by atoms with Crippen molar-refractivity contribution in [2.75, 3.05) is 0 Å². The average Bonchev–Trinajstić information content (AvgIpc) is 2.45. The number of para-hydroxylation sites is 1. The maximum absolute atomic E-state index is 10.8. The zero-order chi connectivity index (χ0) is 13.7. The van der Waals surface area contributed by atoms with Crippen LogP contribution in [0.5, 0.6) is 5.75 Å². The zero-order valence-corrected chi connectivity index (χ0v) is 10.2. The van der Waals surface area contributed by atoms with Crippen molar-refractivity contribution in [2.24, 2.45) is 0 Å². The SMILES string of the molecule is O=Cc1ccccc1OCc1ccc(B(O)O)cc1. The summed E-state index contributed by atoms with van der Waals surface area (Å²) < 4.78 is 5.56. The molecule has 0 amide bonds. The lowest BCUT2D eigenvalue weighted by Gasteiger charge is -2.08. The fraction of sp³-hybridized carbons (Fsp3) is 0.0714. The predicted molar refractivity (Wildman–Crippen MR) is 72.4 cm³/mol. The third-order valence-electron chi connectivity index (χ3n) is 2.72. The minimum atomic E-state index is -1.47. The van der Waals surface area contributed by atoms with Crippen LogP contribution in [0.4, 0.5) is 0 Å². The first-order valence-corrected chi connectivity index (χ1v) is 5.82. The van der Waals surface area contributed by atoms with Crippen LogP contribution in [-0.2, 0) is 6.61 Å². The molecule has 2 N–H and O–H groups in total. The number of carbonyl (C=O) groups is 1. The quantitative estimate of drug-likeness (QED) is 0.612. The maximum atomic E-state index is 10.8. The Balaban J connectivity index is 2.04. The molecule has 96 valence electrons. The zero-order valence-electron chi connectivity index (χ0n) is 10.2. The first-order valence-electron chi connectivity index (χ1n) is 5.82. The number of hydrogen-bond acceptors (Lipinski definition) is 4. The Labute approximate surface area is 111 Å². The van der Waals surface area contributed by atoms with Gasteiger partial charge in [0.1, 0.15) is 12.4 Å². The second kappa shape index (κ2) is 6.18. The Kier molecular flexibility index (Phi) is 4.33. The normalized spacial score (nSPS) is 10.0. The van der Waals surface area contributed by atoms with Gasteiger partial charge in [-0.05, 0) is 23.2 Å². The number of hydrogen-bond donors (Lipinski definition) is 2. The van der Waals surface area contributed by atoms with Crippen molar-refractivity contribution >= 4 is 18.9 Å². The molecule has 2 aromatic rings. The first-order chi connectivity index (χ1) is 9.20. The Morgan fingerprint density at radius 1 is 1.05 bits per heavy atom. The van der Waals surface area contributed by atoms with Gasteiger partial charge < -0.3 is 14.8 Å². The predicted octanol–water partition coefficient (Wildman–Crippen LogP) is 0.758. The molecule has 0 saturated heterocycles. The number of aldehydes is 1. The largest absolute Gasteiger partial charge is 0.488 e. The fourth-order valence-corrected chi connectivity index (χ4v) is 1.66. The number of benzene rings is 2. The van der Waals surface area contributed by atoms with Crippen molar-refractivity contribution in [3.8, 4) is 5.75 Å². The molecule has 2 rings (SSSR count). The highest BCUT2D eigenvalue weighted by Gasteiger charge is 2.09. The van der Waals surface area contributed by atoms with E-state index in [1.807, 2.05) is 0 Å². The van der Waals surface area contributed by atoms with Crippen molar-refractivity contribution in [2.45, 2.75) is 6.61 Å². The second-order valence-corrected chi connectivity index (χ2v) is 4.06. The van der Waals surface area contributed by atoms with E-state index in [-0.39, 0.29) is 0 Å². The van der Waals surface area contributed by atoms with E-state index in [0.717, 1.165) is 11.8 Å². The van der Waals surface area contributed by atoms with E-state index in [2.05, 4.69) is 0 Å². The molecule has 0 aromatic heterocycles. The standard InChI is InChI=1S/C14H13BO4/c16-9-12-3-1-2-4-14(12)19-10-11-5-7-13(8-6-11)15(17)18/h1-9,17-18H,10H2. The van der Waals surface area contributed by atoms with Crippen LogP contribution in [0, 0.1) is 0 Å². The summed E-state index contributed by atoms with van der Waals surface area (Å²) in [7, 11) is -1.47. The van der Waals surface area contributed by atoms with Crippen molar-refractivity contribution in [3.05, 3.63) is 59.7 Å². The van der Waals surface area contributed by atoms with Gasteiger partial charge in [0, 0.05) is 0 Å². The van der Waals surface area contributed by atoms with E-state index < -0.39 is 7.12 Å². The topological polar surface area (TPSA) is 66.8 Å². The van der Waals surface area contributed by atoms with Gasteiger partial charge in [-0.3, -0.25) is 4.79 Å². The summed E-state index contributed by atoms with van der Waals surface area (Å²) in [6.07, 6.45) is 0.751. The van der Waals surface area contributed by atoms with Gasteiger partial charge in [-0.1, -0.05) is 36.4 Å². The average molecular weight is 256 g/mol. The number of rotatable bonds is 5. The minimum Gasteiger partial charge on any atom is -0.488 e. The molecule has 0 saturated carbocycles. The molecule has 2 aromatic carbocycles. The molecule has 0 fully saturated rings. The smallest absolute Gasteiger partial charge is 0.488 e. The monoisotopic (exact) mass is 256 g/mol. The molecule has 19 heavy (non-hydrogen) atoms. The van der Waals surface area contributed by atoms with E-state index >= 15 is 0 Å². The van der Waals surface area contributed by atoms with Crippen LogP contribution < -0.4 is 10.2 Å². The van der Waals surface area contributed by atoms with Crippen molar-refractivity contribution in [1.82, 2.24) is 0 Å². The Bertz CT molecular complexity index is 552. The Hall–Kier alpha value is -2.11. The second-order valence-electron chi connectivity index (χ2n) is 4.06. The third kappa shape index (κ3) is 3.43. The molecule has 0 aliphatic rings. The van der Waals surface area contributed by atoms with Crippen LogP contribution in [0.2, 0.25) is 0 Å². The lowest BCUT2D eigenvalue weighted by atomic mass is 9.80. The van der Waals surface area contributed by atoms with E-state index in [0.29, 0.717) is 23.4 Å². The third-order valence-corrected chi connectivity index (χ3v) is 2.72. The summed E-state index contributed by atoms with van der Waals surface area (Å²) in [6.45, 7) is 0.312. The molecule has 0 atom stereocenters. The molecular formula is C14H13BO4. The lowest BCUT2D eigenvalue weighted by Crippen LogP contribution is -2.29. The highest BCUT2D eigenvalue weighted by Crippen LogP contribution is 2.17. The van der Waals surface area contributed by atoms with Crippen molar-refractivity contribution < 1.29 is 19.6 Å². The summed E-state index contributed by atoms with van der Waals surface area (Å²) in [6, 6.07) is 13.7. The van der Waals surface area contributed by atoms with Crippen LogP contribution in [0.3, 0.4) is 0 Å². The van der Waals surface area contributed by atoms with Gasteiger partial charge in [0.05, 0.1) is 5.56 Å². The minimum absolute atomic E-state index is 0.312. The van der Waals surface area contributed by atoms with E-state index in [9.17, 15) is 4.79 Å². The van der Waals surface area contributed by atoms with Gasteiger partial charge in [-0.2, -0.15) is 0 Å². The molecular weight excluding hydrogens is 243 g/mol. The molecule has 0 bridgehead atoms. The number of ether oxygens (including phenoxy) is 1. The van der Waals surface area contributed by atoms with Crippen LogP contribution in [0.25, 0.3) is 0 Å². The molecule has 5 heteroatoms. The highest BCUT2D eigenvalue weighted by atomic mass is 16.5. The first kappa shape index (κ1) is 13.3. The fourth-order valence-electron chi connectivity index (χ4n) is 1.66. The molecule has 0 aliphatic carbocycles. The van der Waals surface area contributed by atoms with Crippen molar-refractivity contribution in [1.29, 1.82) is 0 Å². The van der Waals surface area contributed by atoms with E-state index in [1.54, 1.807) is 48.5 Å². The van der Waals surface area contributed by atoms with Gasteiger partial charge in [0.2, 0.25) is 0 Å². The summed E-state index contributed by atoms with van der Waals surface area (Å²) >= 11 is 0. The summed E-state index contributed by atoms with van der Waals surface area (Å²) in [5.74, 6) is 0.531. The summed E-state index contributed by atoms with van der Waals surface area (Å²) in [5, 5.41) is 18.0. The summed E-state index contributed by atoms with van der Waals surface area (Å²) in [5.41, 5.74) is 1.81. The van der Waals surface area contributed by atoms with Crippen LogP contribution in [0.15, 0.2) is 48.5 Å². The van der Waals surface area contributed by atoms with Crippen LogP contribution >= 0.6 is 0 Å². The van der Waals surface area contributed by atoms with E-state index in [1.165, 1.54) is 0 Å². The lowest BCUT2D eigenvalue weighted by molar-refractivity contribution is 0.111. The van der Waals surface area contributed by atoms with Gasteiger partial charge in [-0.15, -0.1) is 0 Å². The molecule has 0 unspecified atom stereocenters. The van der Waals surface area contributed by atoms with Gasteiger partial charge in [0.25, 0.3) is 0 Å². The van der Waals surface area contributed by atoms with Gasteiger partial charge in [-0.25, -0.2) is 0 Å². The molecule has 0 radical (unpaired) electrons.